The maximum absolute atomic E-state index is 14.7. The third-order valence-corrected chi connectivity index (χ3v) is 18.6. The van der Waals surface area contributed by atoms with E-state index in [9.17, 15) is 19.2 Å². The number of piperazine rings is 1. The molecule has 4 aromatic carbocycles. The predicted octanol–water partition coefficient (Wildman–Crippen LogP) is 14.2. The molecule has 2 saturated heterocycles. The molecule has 6 aromatic rings. The van der Waals surface area contributed by atoms with Gasteiger partial charge < -0.3 is 19.4 Å². The molecule has 2 fully saturated rings. The highest BCUT2D eigenvalue weighted by Crippen LogP contribution is 2.40. The highest BCUT2D eigenvalue weighted by molar-refractivity contribution is 7.15. The Bertz CT molecular complexity index is 3310. The van der Waals surface area contributed by atoms with Crippen LogP contribution in [-0.2, 0) is 30.3 Å². The Morgan fingerprint density at radius 3 is 2.02 bits per heavy atom. The van der Waals surface area contributed by atoms with Gasteiger partial charge >= 0.3 is 0 Å². The number of ether oxygens (including phenoxy) is 1. The van der Waals surface area contributed by atoms with Crippen LogP contribution in [0.2, 0.25) is 20.1 Å². The number of likely N-dealkylation sites (tertiary alicyclic amines) is 1. The molecule has 0 spiro atoms. The highest BCUT2D eigenvalue weighted by atomic mass is 35.5. The Morgan fingerprint density at radius 1 is 0.699 bits per heavy atom. The van der Waals surface area contributed by atoms with Crippen LogP contribution in [0, 0.1) is 33.6 Å². The van der Waals surface area contributed by atoms with Crippen LogP contribution in [0.5, 0.6) is 0 Å². The number of halogens is 4. The minimum atomic E-state index is -0.455. The van der Waals surface area contributed by atoms with Crippen LogP contribution in [-0.4, -0.2) is 124 Å². The second-order valence-electron chi connectivity index (χ2n) is 22.2. The van der Waals surface area contributed by atoms with Gasteiger partial charge in [0.1, 0.15) is 28.4 Å². The Morgan fingerprint density at radius 2 is 1.34 bits per heavy atom. The van der Waals surface area contributed by atoms with Crippen molar-refractivity contribution >= 4 is 98.9 Å². The zero-order chi connectivity index (χ0) is 58.6. The second kappa shape index (κ2) is 29.5. The molecule has 0 radical (unpaired) electrons. The minimum absolute atomic E-state index is 0.0306. The summed E-state index contributed by atoms with van der Waals surface area (Å²) >= 11 is 27.1. The molecule has 0 N–H and O–H groups in total. The topological polar surface area (TPSA) is 130 Å². The van der Waals surface area contributed by atoms with E-state index >= 15 is 0 Å². The number of thiophene rings is 1. The molecular weight excluding hydrogens is 1140 g/mol. The predicted molar refractivity (Wildman–Crippen MR) is 337 cm³/mol. The summed E-state index contributed by atoms with van der Waals surface area (Å²) in [5.74, 6) is 1.40. The summed E-state index contributed by atoms with van der Waals surface area (Å²) in [6.45, 7) is 15.1. The van der Waals surface area contributed by atoms with Gasteiger partial charge in [-0.2, -0.15) is 0 Å². The first kappa shape index (κ1) is 61.9. The molecule has 12 nitrogen and oxygen atoms in total. The van der Waals surface area contributed by atoms with Crippen LogP contribution in [0.1, 0.15) is 126 Å². The Balaban J connectivity index is 0.675. The van der Waals surface area contributed by atoms with E-state index in [1.807, 2.05) is 92.7 Å². The number of piperidine rings is 1. The van der Waals surface area contributed by atoms with Gasteiger partial charge in [-0.15, -0.1) is 21.5 Å². The summed E-state index contributed by atoms with van der Waals surface area (Å²) in [5, 5.41) is 12.1. The van der Waals surface area contributed by atoms with Gasteiger partial charge in [-0.3, -0.25) is 28.7 Å². The highest BCUT2D eigenvalue weighted by Gasteiger charge is 2.35. The first-order valence-electron chi connectivity index (χ1n) is 29.0. The number of hydrogen-bond donors (Lipinski definition) is 0. The first-order chi connectivity index (χ1) is 40.1. The minimum Gasteiger partial charge on any atom is -0.381 e. The molecule has 3 aliphatic heterocycles. The molecule has 0 unspecified atom stereocenters. The van der Waals surface area contributed by atoms with Crippen LogP contribution in [0.4, 0.5) is 0 Å². The van der Waals surface area contributed by atoms with Gasteiger partial charge in [-0.05, 0) is 156 Å². The van der Waals surface area contributed by atoms with Gasteiger partial charge in [-0.25, -0.2) is 0 Å². The average Bonchev–Trinajstić information content (AvgIpc) is 4.00. The van der Waals surface area contributed by atoms with Crippen molar-refractivity contribution in [2.75, 3.05) is 65.6 Å². The van der Waals surface area contributed by atoms with Gasteiger partial charge in [0.25, 0.3) is 0 Å². The van der Waals surface area contributed by atoms with Crippen molar-refractivity contribution in [1.29, 1.82) is 0 Å². The lowest BCUT2D eigenvalue weighted by Crippen LogP contribution is -2.46. The van der Waals surface area contributed by atoms with E-state index in [-0.39, 0.29) is 48.7 Å². The van der Waals surface area contributed by atoms with Crippen molar-refractivity contribution in [2.45, 2.75) is 104 Å². The molecule has 0 aliphatic carbocycles. The summed E-state index contributed by atoms with van der Waals surface area (Å²) in [4.78, 5) is 68.5. The summed E-state index contributed by atoms with van der Waals surface area (Å²) in [6, 6.07) is 28.2. The standard InChI is InChI=1S/C66H73Cl4N7O5S/c1-43-19-20-48(38-58(43)69)36-52-41-76(42-53(63(52)80)37-49-21-26-57(68)59(70)39-49)65(81)51(35-47-13-6-5-7-14-47)15-11-33-82-34-12-18-55(78)16-8-9-27-74-29-31-75(32-30-74)28-10-17-56(79)40-60-64-73-72-46(4)77(64)66-61(44(2)45(3)83-66)62(71-60)50-22-24-54(67)25-23-50/h5-7,13-14,19-26,36-39,51,60H,8-12,15-18,27-35,40-42H2,1-4H3/b52-36+,53-37+/t51-,60-/m0/s1. The summed E-state index contributed by atoms with van der Waals surface area (Å²) in [5.41, 5.74) is 8.50. The first-order valence-corrected chi connectivity index (χ1v) is 31.3. The lowest BCUT2D eigenvalue weighted by atomic mass is 9.90. The molecule has 3 aliphatic rings. The number of Topliss-reactive ketones (excluding diaryl/α,β-unsaturated/α-hetero) is 3. The van der Waals surface area contributed by atoms with Crippen LogP contribution < -0.4 is 0 Å². The maximum Gasteiger partial charge on any atom is 0.226 e. The fourth-order valence-electron chi connectivity index (χ4n) is 11.2. The Labute approximate surface area is 512 Å². The normalized spacial score (nSPS) is 17.2. The van der Waals surface area contributed by atoms with Crippen LogP contribution in [0.15, 0.2) is 107 Å². The number of benzene rings is 4. The molecule has 83 heavy (non-hydrogen) atoms. The molecule has 436 valence electrons. The van der Waals surface area contributed by atoms with Crippen molar-refractivity contribution in [2.24, 2.45) is 10.9 Å². The number of rotatable bonds is 25. The number of nitrogens with zero attached hydrogens (tertiary/aromatic N) is 7. The molecule has 5 heterocycles. The van der Waals surface area contributed by atoms with E-state index in [1.54, 1.807) is 40.5 Å². The number of ketones is 3. The lowest BCUT2D eigenvalue weighted by molar-refractivity contribution is -0.136. The van der Waals surface area contributed by atoms with Crippen molar-refractivity contribution < 1.29 is 23.9 Å². The molecule has 9 rings (SSSR count). The van der Waals surface area contributed by atoms with E-state index in [0.29, 0.717) is 101 Å². The number of aromatic nitrogens is 3. The molecule has 0 saturated carbocycles. The van der Waals surface area contributed by atoms with Crippen LogP contribution >= 0.6 is 57.7 Å². The van der Waals surface area contributed by atoms with E-state index < -0.39 is 6.04 Å². The number of unbranched alkanes of at least 4 members (excludes halogenated alkanes) is 1. The maximum atomic E-state index is 14.7. The van der Waals surface area contributed by atoms with Crippen LogP contribution in [0.25, 0.3) is 17.2 Å². The number of amides is 1. The SMILES string of the molecule is Cc1ccc(/C=C2\CN(C(=O)[C@@H](CCCOCCCC(=O)CCCCN3CCN(CCCC(=O)C[C@@H]4N=C(c5ccc(Cl)cc5)c5c(sc(C)c5C)-n5c(C)nnc54)CC3)Cc3ccccc3)C/C(=C\c3ccc(Cl)c(Cl)c3)C2=O)cc1Cl. The molecule has 0 bridgehead atoms. The smallest absolute Gasteiger partial charge is 0.226 e. The molecule has 2 atom stereocenters. The lowest BCUT2D eigenvalue weighted by Gasteiger charge is -2.34. The fourth-order valence-corrected chi connectivity index (χ4v) is 13.1. The zero-order valence-electron chi connectivity index (χ0n) is 47.9. The van der Waals surface area contributed by atoms with Gasteiger partial charge in [0.05, 0.1) is 15.8 Å². The third-order valence-electron chi connectivity index (χ3n) is 16.1. The van der Waals surface area contributed by atoms with E-state index in [0.717, 1.165) is 108 Å². The number of aliphatic imine (C=N–C) groups is 1. The third kappa shape index (κ3) is 16.4. The van der Waals surface area contributed by atoms with Gasteiger partial charge in [0.15, 0.2) is 11.6 Å². The van der Waals surface area contributed by atoms with E-state index in [4.69, 9.17) is 56.1 Å². The largest absolute Gasteiger partial charge is 0.381 e. The number of hydrogen-bond acceptors (Lipinski definition) is 11. The molecule has 1 amide bonds. The van der Waals surface area contributed by atoms with Crippen LogP contribution in [0.3, 0.4) is 0 Å². The van der Waals surface area contributed by atoms with E-state index in [1.165, 1.54) is 4.88 Å². The second-order valence-corrected chi connectivity index (χ2v) is 25.1. The Kier molecular flexibility index (Phi) is 22.0. The zero-order valence-corrected chi connectivity index (χ0v) is 51.8. The van der Waals surface area contributed by atoms with Gasteiger partial charge in [0.2, 0.25) is 5.91 Å². The molecule has 2 aromatic heterocycles. The molecule has 17 heteroatoms. The van der Waals surface area contributed by atoms with E-state index in [2.05, 4.69) is 38.4 Å². The molecular formula is C66H73Cl4N7O5S. The van der Waals surface area contributed by atoms with Crippen molar-refractivity contribution in [3.05, 3.63) is 178 Å². The van der Waals surface area contributed by atoms with Gasteiger partial charge in [-0.1, -0.05) is 107 Å². The summed E-state index contributed by atoms with van der Waals surface area (Å²) < 4.78 is 8.14. The van der Waals surface area contributed by atoms with Crippen molar-refractivity contribution in [3.63, 3.8) is 0 Å². The van der Waals surface area contributed by atoms with Crippen molar-refractivity contribution in [3.8, 4) is 5.00 Å². The number of carbonyl (C=O) groups excluding carboxylic acids is 4. The summed E-state index contributed by atoms with van der Waals surface area (Å²) in [6.07, 6.45) is 10.5. The summed E-state index contributed by atoms with van der Waals surface area (Å²) in [7, 11) is 0. The van der Waals surface area contributed by atoms with Gasteiger partial charge in [0, 0.05) is 121 Å². The fraction of sp³-hybridized carbons (Fsp3) is 0.409. The quantitative estimate of drug-likeness (QED) is 0.0406. The number of fused-ring (bicyclic) bond motifs is 3. The van der Waals surface area contributed by atoms with Crippen molar-refractivity contribution in [1.82, 2.24) is 29.5 Å². The number of carbonyl (C=O) groups is 4. The average molecular weight is 1220 g/mol. The number of aryl methyl sites for hydroxylation is 3. The monoisotopic (exact) mass is 1220 g/mol. The Hall–Kier alpha value is -5.61.